The highest BCUT2D eigenvalue weighted by Gasteiger charge is 2.10. The van der Waals surface area contributed by atoms with E-state index in [0.29, 0.717) is 6.42 Å². The average molecular weight is 252 g/mol. The maximum Gasteiger partial charge on any atom is 0.311 e. The number of non-ortho nitro benzene ring substituents is 1. The maximum absolute atomic E-state index is 11.3. The second-order valence-electron chi connectivity index (χ2n) is 3.55. The summed E-state index contributed by atoms with van der Waals surface area (Å²) in [6, 6.07) is 5.32. The van der Waals surface area contributed by atoms with E-state index in [-0.39, 0.29) is 24.3 Å². The Bertz CT molecular complexity index is 472. The lowest BCUT2D eigenvalue weighted by atomic mass is 10.2. The Morgan fingerprint density at radius 2 is 2.06 bits per heavy atom. The van der Waals surface area contributed by atoms with Crippen LogP contribution in [0.2, 0.25) is 0 Å². The van der Waals surface area contributed by atoms with Crippen molar-refractivity contribution in [2.24, 2.45) is 5.73 Å². The largest absolute Gasteiger partial charge is 0.426 e. The molecule has 0 heterocycles. The highest BCUT2D eigenvalue weighted by atomic mass is 16.6. The quantitative estimate of drug-likeness (QED) is 0.353. The average Bonchev–Trinajstić information content (AvgIpc) is 2.28. The number of carbonyl (C=O) groups is 2. The van der Waals surface area contributed by atoms with E-state index < -0.39 is 16.8 Å². The molecular formula is C11H12N2O5. The number of amides is 1. The van der Waals surface area contributed by atoms with Gasteiger partial charge in [-0.1, -0.05) is 6.07 Å². The normalized spacial score (nSPS) is 9.78. The fourth-order valence-corrected chi connectivity index (χ4v) is 1.25. The first-order chi connectivity index (χ1) is 8.49. The molecule has 0 aromatic heterocycles. The monoisotopic (exact) mass is 252 g/mol. The lowest BCUT2D eigenvalue weighted by Crippen LogP contribution is -2.13. The van der Waals surface area contributed by atoms with Crippen LogP contribution in [0.1, 0.15) is 19.3 Å². The number of ether oxygens (including phenoxy) is 1. The summed E-state index contributed by atoms with van der Waals surface area (Å²) in [4.78, 5) is 31.7. The molecule has 18 heavy (non-hydrogen) atoms. The number of benzene rings is 1. The van der Waals surface area contributed by atoms with Gasteiger partial charge in [-0.3, -0.25) is 19.7 Å². The summed E-state index contributed by atoms with van der Waals surface area (Å²) in [6.45, 7) is 0. The molecular weight excluding hydrogens is 240 g/mol. The van der Waals surface area contributed by atoms with Crippen molar-refractivity contribution >= 4 is 17.6 Å². The highest BCUT2D eigenvalue weighted by molar-refractivity contribution is 5.76. The van der Waals surface area contributed by atoms with Gasteiger partial charge in [0.1, 0.15) is 5.75 Å². The highest BCUT2D eigenvalue weighted by Crippen LogP contribution is 2.19. The molecule has 0 radical (unpaired) electrons. The summed E-state index contributed by atoms with van der Waals surface area (Å²) >= 11 is 0. The van der Waals surface area contributed by atoms with Crippen molar-refractivity contribution in [3.63, 3.8) is 0 Å². The van der Waals surface area contributed by atoms with Gasteiger partial charge in [-0.2, -0.15) is 0 Å². The number of nitrogens with zero attached hydrogens (tertiary/aromatic N) is 1. The number of carbonyl (C=O) groups excluding carboxylic acids is 2. The third-order valence-electron chi connectivity index (χ3n) is 2.06. The van der Waals surface area contributed by atoms with Gasteiger partial charge in [-0.05, 0) is 12.5 Å². The number of rotatable bonds is 6. The number of nitrogens with two attached hydrogens (primary N) is 1. The van der Waals surface area contributed by atoms with Crippen LogP contribution in [0.3, 0.4) is 0 Å². The molecule has 1 amide bonds. The Labute approximate surface area is 103 Å². The van der Waals surface area contributed by atoms with Crippen molar-refractivity contribution in [1.82, 2.24) is 0 Å². The first-order valence-electron chi connectivity index (χ1n) is 5.22. The fraction of sp³-hybridized carbons (Fsp3) is 0.273. The second-order valence-corrected chi connectivity index (χ2v) is 3.55. The molecule has 0 unspecified atom stereocenters. The molecule has 0 aliphatic carbocycles. The van der Waals surface area contributed by atoms with Crippen LogP contribution < -0.4 is 10.5 Å². The number of nitro groups is 1. The summed E-state index contributed by atoms with van der Waals surface area (Å²) < 4.78 is 4.89. The van der Waals surface area contributed by atoms with Gasteiger partial charge in [0.15, 0.2) is 0 Å². The minimum absolute atomic E-state index is 0.0334. The topological polar surface area (TPSA) is 113 Å². The van der Waals surface area contributed by atoms with E-state index in [9.17, 15) is 19.7 Å². The van der Waals surface area contributed by atoms with Crippen LogP contribution >= 0.6 is 0 Å². The molecule has 96 valence electrons. The molecule has 1 rings (SSSR count). The van der Waals surface area contributed by atoms with Crippen molar-refractivity contribution < 1.29 is 19.2 Å². The molecule has 0 bridgehead atoms. The minimum Gasteiger partial charge on any atom is -0.426 e. The van der Waals surface area contributed by atoms with E-state index in [1.54, 1.807) is 0 Å². The van der Waals surface area contributed by atoms with Gasteiger partial charge in [0.05, 0.1) is 11.0 Å². The summed E-state index contributed by atoms with van der Waals surface area (Å²) in [7, 11) is 0. The van der Waals surface area contributed by atoms with Gasteiger partial charge < -0.3 is 10.5 Å². The van der Waals surface area contributed by atoms with Gasteiger partial charge in [0, 0.05) is 18.9 Å². The van der Waals surface area contributed by atoms with E-state index in [1.807, 2.05) is 0 Å². The number of esters is 1. The van der Waals surface area contributed by atoms with Crippen LogP contribution in [-0.4, -0.2) is 16.8 Å². The van der Waals surface area contributed by atoms with Crippen molar-refractivity contribution in [3.05, 3.63) is 34.4 Å². The fourth-order valence-electron chi connectivity index (χ4n) is 1.25. The molecule has 1 aromatic rings. The molecule has 7 heteroatoms. The lowest BCUT2D eigenvalue weighted by molar-refractivity contribution is -0.384. The molecule has 7 nitrogen and oxygen atoms in total. The molecule has 0 fully saturated rings. The molecule has 2 N–H and O–H groups in total. The number of nitro benzene ring substituents is 1. The number of hydrogen-bond donors (Lipinski definition) is 1. The van der Waals surface area contributed by atoms with Crippen LogP contribution in [0, 0.1) is 10.1 Å². The van der Waals surface area contributed by atoms with Gasteiger partial charge in [-0.15, -0.1) is 0 Å². The molecule has 0 saturated heterocycles. The van der Waals surface area contributed by atoms with E-state index in [2.05, 4.69) is 0 Å². The smallest absolute Gasteiger partial charge is 0.311 e. The van der Waals surface area contributed by atoms with Crippen LogP contribution in [0.15, 0.2) is 24.3 Å². The van der Waals surface area contributed by atoms with Gasteiger partial charge >= 0.3 is 5.97 Å². The maximum atomic E-state index is 11.3. The first-order valence-corrected chi connectivity index (χ1v) is 5.22. The zero-order valence-corrected chi connectivity index (χ0v) is 9.50. The predicted octanol–water partition coefficient (Wildman–Crippen LogP) is 1.16. The SMILES string of the molecule is NC(=O)CCCC(=O)Oc1cccc([N+](=O)[O-])c1. The van der Waals surface area contributed by atoms with Gasteiger partial charge in [0.25, 0.3) is 5.69 Å². The summed E-state index contributed by atoms with van der Waals surface area (Å²) in [5.41, 5.74) is 4.76. The van der Waals surface area contributed by atoms with Crippen molar-refractivity contribution in [3.8, 4) is 5.75 Å². The van der Waals surface area contributed by atoms with Crippen molar-refractivity contribution in [2.75, 3.05) is 0 Å². The van der Waals surface area contributed by atoms with Gasteiger partial charge in [0.2, 0.25) is 5.91 Å². The Morgan fingerprint density at radius 1 is 1.33 bits per heavy atom. The van der Waals surface area contributed by atoms with Gasteiger partial charge in [-0.25, -0.2) is 0 Å². The molecule has 0 aliphatic heterocycles. The van der Waals surface area contributed by atoms with Crippen molar-refractivity contribution in [1.29, 1.82) is 0 Å². The van der Waals surface area contributed by atoms with Crippen LogP contribution in [0.4, 0.5) is 5.69 Å². The van der Waals surface area contributed by atoms with Crippen molar-refractivity contribution in [2.45, 2.75) is 19.3 Å². The number of hydrogen-bond acceptors (Lipinski definition) is 5. The third kappa shape index (κ3) is 4.60. The Balaban J connectivity index is 2.51. The Kier molecular flexibility index (Phi) is 4.79. The van der Waals surface area contributed by atoms with Crippen LogP contribution in [0.25, 0.3) is 0 Å². The minimum atomic E-state index is -0.579. The molecule has 0 saturated carbocycles. The number of primary amides is 1. The Morgan fingerprint density at radius 3 is 2.67 bits per heavy atom. The molecule has 0 atom stereocenters. The summed E-state index contributed by atoms with van der Waals surface area (Å²) in [5, 5.41) is 10.5. The lowest BCUT2D eigenvalue weighted by Gasteiger charge is -2.03. The third-order valence-corrected chi connectivity index (χ3v) is 2.06. The summed E-state index contributed by atoms with van der Waals surface area (Å²) in [5.74, 6) is -0.942. The van der Waals surface area contributed by atoms with E-state index in [4.69, 9.17) is 10.5 Å². The zero-order chi connectivity index (χ0) is 13.5. The molecule has 0 spiro atoms. The Hall–Kier alpha value is -2.44. The van der Waals surface area contributed by atoms with E-state index >= 15 is 0 Å². The first kappa shape index (κ1) is 13.6. The van der Waals surface area contributed by atoms with E-state index in [1.165, 1.54) is 18.2 Å². The van der Waals surface area contributed by atoms with Crippen LogP contribution in [0.5, 0.6) is 5.75 Å². The second kappa shape index (κ2) is 6.33. The zero-order valence-electron chi connectivity index (χ0n) is 9.50. The summed E-state index contributed by atoms with van der Waals surface area (Å²) in [6.07, 6.45) is 0.429. The standard InChI is InChI=1S/C11H12N2O5/c12-10(14)5-2-6-11(15)18-9-4-1-3-8(7-9)13(16)17/h1,3-4,7H,2,5-6H2,(H2,12,14). The molecule has 0 aliphatic rings. The predicted molar refractivity (Wildman–Crippen MR) is 61.8 cm³/mol. The molecule has 1 aromatic carbocycles. The van der Waals surface area contributed by atoms with E-state index in [0.717, 1.165) is 6.07 Å². The van der Waals surface area contributed by atoms with Crippen LogP contribution in [-0.2, 0) is 9.59 Å².